The van der Waals surface area contributed by atoms with Gasteiger partial charge in [-0.2, -0.15) is 0 Å². The molecule has 1 saturated heterocycles. The van der Waals surface area contributed by atoms with Gasteiger partial charge in [-0.25, -0.2) is 9.97 Å². The molecule has 4 heteroatoms. The summed E-state index contributed by atoms with van der Waals surface area (Å²) in [4.78, 5) is 11.1. The topological polar surface area (TPSA) is 29.0 Å². The number of aromatic nitrogens is 2. The summed E-state index contributed by atoms with van der Waals surface area (Å²) in [6, 6.07) is 10.8. The summed E-state index contributed by atoms with van der Waals surface area (Å²) in [5.74, 6) is 1.01. The van der Waals surface area contributed by atoms with E-state index in [2.05, 4.69) is 52.1 Å². The Labute approximate surface area is 156 Å². The minimum atomic E-state index is 0.386. The van der Waals surface area contributed by atoms with E-state index in [0.29, 0.717) is 10.6 Å². The van der Waals surface area contributed by atoms with Crippen molar-refractivity contribution in [3.8, 4) is 0 Å². The largest absolute Gasteiger partial charge is 0.356 e. The molecule has 0 bridgehead atoms. The lowest BCUT2D eigenvalue weighted by Crippen LogP contribution is -2.44. The number of piperidine rings is 1. The van der Waals surface area contributed by atoms with Crippen molar-refractivity contribution in [2.75, 3.05) is 18.0 Å². The second-order valence-electron chi connectivity index (χ2n) is 7.33. The van der Waals surface area contributed by atoms with Crippen LogP contribution in [0.3, 0.4) is 0 Å². The van der Waals surface area contributed by atoms with Crippen molar-refractivity contribution in [3.63, 3.8) is 0 Å². The summed E-state index contributed by atoms with van der Waals surface area (Å²) in [6.07, 6.45) is 9.02. The molecular weight excluding hydrogens is 330 g/mol. The number of benzene rings is 1. The summed E-state index contributed by atoms with van der Waals surface area (Å²) >= 11 is 6.21. The van der Waals surface area contributed by atoms with E-state index in [1.807, 2.05) is 6.92 Å². The van der Waals surface area contributed by atoms with Gasteiger partial charge in [0.05, 0.1) is 0 Å². The number of nitrogens with zero attached hydrogens (tertiary/aromatic N) is 3. The third kappa shape index (κ3) is 4.33. The molecule has 0 radical (unpaired) electrons. The molecule has 1 fully saturated rings. The van der Waals surface area contributed by atoms with Crippen molar-refractivity contribution >= 4 is 17.4 Å². The molecule has 1 aliphatic heterocycles. The van der Waals surface area contributed by atoms with E-state index in [4.69, 9.17) is 11.6 Å². The standard InChI is InChI=1S/C21H28ClN3/c1-3-21(12-7-11-18-9-5-4-6-10-18)13-8-14-25(15-21)20-17(2)19(22)23-16-24-20/h4-6,9-10,16H,3,7-8,11-15H2,1-2H3. The monoisotopic (exact) mass is 357 g/mol. The van der Waals surface area contributed by atoms with Gasteiger partial charge in [-0.15, -0.1) is 0 Å². The minimum Gasteiger partial charge on any atom is -0.356 e. The highest BCUT2D eigenvalue weighted by Crippen LogP contribution is 2.40. The molecule has 1 unspecified atom stereocenters. The van der Waals surface area contributed by atoms with Gasteiger partial charge in [0.25, 0.3) is 0 Å². The van der Waals surface area contributed by atoms with Crippen molar-refractivity contribution in [1.29, 1.82) is 0 Å². The molecule has 25 heavy (non-hydrogen) atoms. The highest BCUT2D eigenvalue weighted by Gasteiger charge is 2.34. The highest BCUT2D eigenvalue weighted by molar-refractivity contribution is 6.30. The minimum absolute atomic E-state index is 0.386. The van der Waals surface area contributed by atoms with Gasteiger partial charge in [-0.1, -0.05) is 48.9 Å². The zero-order valence-corrected chi connectivity index (χ0v) is 16.1. The number of rotatable bonds is 6. The summed E-state index contributed by atoms with van der Waals surface area (Å²) in [5, 5.41) is 0.571. The first-order valence-electron chi connectivity index (χ1n) is 9.39. The van der Waals surface area contributed by atoms with Crippen LogP contribution in [0, 0.1) is 12.3 Å². The van der Waals surface area contributed by atoms with Gasteiger partial charge in [0.15, 0.2) is 0 Å². The summed E-state index contributed by atoms with van der Waals surface area (Å²) < 4.78 is 0. The molecule has 2 aromatic rings. The fraction of sp³-hybridized carbons (Fsp3) is 0.524. The molecular formula is C21H28ClN3. The fourth-order valence-electron chi connectivity index (χ4n) is 4.11. The van der Waals surface area contributed by atoms with Crippen LogP contribution < -0.4 is 4.90 Å². The molecule has 0 N–H and O–H groups in total. The number of halogens is 1. The second-order valence-corrected chi connectivity index (χ2v) is 7.69. The van der Waals surface area contributed by atoms with Gasteiger partial charge >= 0.3 is 0 Å². The molecule has 1 aliphatic rings. The van der Waals surface area contributed by atoms with Crippen LogP contribution in [0.15, 0.2) is 36.7 Å². The Hall–Kier alpha value is -1.61. The lowest BCUT2D eigenvalue weighted by atomic mass is 9.73. The predicted octanol–water partition coefficient (Wildman–Crippen LogP) is 5.46. The van der Waals surface area contributed by atoms with Crippen LogP contribution in [-0.4, -0.2) is 23.1 Å². The zero-order chi connectivity index (χ0) is 17.7. The quantitative estimate of drug-likeness (QED) is 0.643. The van der Waals surface area contributed by atoms with E-state index in [1.165, 1.54) is 44.1 Å². The number of anilines is 1. The first-order chi connectivity index (χ1) is 12.1. The van der Waals surface area contributed by atoms with E-state index in [-0.39, 0.29) is 0 Å². The average Bonchev–Trinajstić information content (AvgIpc) is 2.65. The molecule has 1 atom stereocenters. The molecule has 2 heterocycles. The Morgan fingerprint density at radius 2 is 2.00 bits per heavy atom. The summed E-state index contributed by atoms with van der Waals surface area (Å²) in [6.45, 7) is 6.50. The van der Waals surface area contributed by atoms with Crippen LogP contribution in [0.4, 0.5) is 5.82 Å². The van der Waals surface area contributed by atoms with Crippen LogP contribution >= 0.6 is 11.6 Å². The van der Waals surface area contributed by atoms with Crippen LogP contribution in [0.2, 0.25) is 5.15 Å². The van der Waals surface area contributed by atoms with Gasteiger partial charge in [0.2, 0.25) is 0 Å². The van der Waals surface area contributed by atoms with Crippen molar-refractivity contribution in [2.45, 2.75) is 52.4 Å². The van der Waals surface area contributed by atoms with E-state index in [1.54, 1.807) is 6.33 Å². The van der Waals surface area contributed by atoms with Crippen molar-refractivity contribution in [1.82, 2.24) is 9.97 Å². The molecule has 0 aliphatic carbocycles. The highest BCUT2D eigenvalue weighted by atomic mass is 35.5. The molecule has 1 aromatic heterocycles. The molecule has 3 nitrogen and oxygen atoms in total. The molecule has 3 rings (SSSR count). The summed E-state index contributed by atoms with van der Waals surface area (Å²) in [7, 11) is 0. The molecule has 0 spiro atoms. The molecule has 134 valence electrons. The lowest BCUT2D eigenvalue weighted by Gasteiger charge is -2.43. The Morgan fingerprint density at radius 1 is 1.20 bits per heavy atom. The first kappa shape index (κ1) is 18.2. The average molecular weight is 358 g/mol. The Balaban J connectivity index is 1.67. The van der Waals surface area contributed by atoms with Crippen molar-refractivity contribution in [2.24, 2.45) is 5.41 Å². The van der Waals surface area contributed by atoms with Crippen molar-refractivity contribution < 1.29 is 0 Å². The molecule has 1 aromatic carbocycles. The SMILES string of the molecule is CCC1(CCCc2ccccc2)CCCN(c2ncnc(Cl)c2C)C1. The third-order valence-corrected chi connectivity index (χ3v) is 6.10. The van der Waals surface area contributed by atoms with Crippen LogP contribution in [0.25, 0.3) is 0 Å². The van der Waals surface area contributed by atoms with Gasteiger partial charge in [0, 0.05) is 18.7 Å². The van der Waals surface area contributed by atoms with E-state index in [0.717, 1.165) is 24.5 Å². The molecule has 0 amide bonds. The zero-order valence-electron chi connectivity index (χ0n) is 15.3. The smallest absolute Gasteiger partial charge is 0.137 e. The first-order valence-corrected chi connectivity index (χ1v) is 9.77. The number of hydrogen-bond donors (Lipinski definition) is 0. The predicted molar refractivity (Wildman–Crippen MR) is 105 cm³/mol. The fourth-order valence-corrected chi connectivity index (χ4v) is 4.24. The number of aryl methyl sites for hydroxylation is 1. The summed E-state index contributed by atoms with van der Waals surface area (Å²) in [5.41, 5.74) is 2.83. The maximum Gasteiger partial charge on any atom is 0.137 e. The van der Waals surface area contributed by atoms with E-state index >= 15 is 0 Å². The second kappa shape index (κ2) is 8.18. The van der Waals surface area contributed by atoms with Crippen molar-refractivity contribution in [3.05, 3.63) is 52.9 Å². The van der Waals surface area contributed by atoms with Gasteiger partial charge in [-0.05, 0) is 56.4 Å². The van der Waals surface area contributed by atoms with Crippen LogP contribution in [-0.2, 0) is 6.42 Å². The normalized spacial score (nSPS) is 20.7. The van der Waals surface area contributed by atoms with Crippen LogP contribution in [0.5, 0.6) is 0 Å². The number of hydrogen-bond acceptors (Lipinski definition) is 3. The Morgan fingerprint density at radius 3 is 2.76 bits per heavy atom. The van der Waals surface area contributed by atoms with Gasteiger partial charge in [-0.3, -0.25) is 0 Å². The van der Waals surface area contributed by atoms with E-state index in [9.17, 15) is 0 Å². The van der Waals surface area contributed by atoms with E-state index < -0.39 is 0 Å². The maximum absolute atomic E-state index is 6.21. The maximum atomic E-state index is 6.21. The Kier molecular flexibility index (Phi) is 5.95. The third-order valence-electron chi connectivity index (χ3n) is 5.72. The van der Waals surface area contributed by atoms with Crippen LogP contribution in [0.1, 0.15) is 50.2 Å². The lowest BCUT2D eigenvalue weighted by molar-refractivity contribution is 0.198. The van der Waals surface area contributed by atoms with Gasteiger partial charge in [0.1, 0.15) is 17.3 Å². The molecule has 0 saturated carbocycles. The van der Waals surface area contributed by atoms with Gasteiger partial charge < -0.3 is 4.90 Å². The Bertz CT molecular complexity index is 689.